The SMILES string of the molecule is CC(C)(C)c1cc(Cl)c(O)c(NC(=S)NC(=O)COc2ccccc2)c1. The molecule has 2 rings (SSSR count). The van der Waals surface area contributed by atoms with Gasteiger partial charge in [-0.25, -0.2) is 0 Å². The molecule has 0 bridgehead atoms. The lowest BCUT2D eigenvalue weighted by molar-refractivity contribution is -0.121. The molecule has 5 nitrogen and oxygen atoms in total. The smallest absolute Gasteiger partial charge is 0.264 e. The van der Waals surface area contributed by atoms with E-state index in [2.05, 4.69) is 10.6 Å². The van der Waals surface area contributed by atoms with Crippen molar-refractivity contribution in [3.05, 3.63) is 53.1 Å². The number of aromatic hydroxyl groups is 1. The fourth-order valence-corrected chi connectivity index (χ4v) is 2.55. The Labute approximate surface area is 163 Å². The van der Waals surface area contributed by atoms with Crippen LogP contribution in [-0.4, -0.2) is 22.7 Å². The van der Waals surface area contributed by atoms with Crippen molar-refractivity contribution >= 4 is 40.5 Å². The number of hydrogen-bond acceptors (Lipinski definition) is 4. The van der Waals surface area contributed by atoms with Crippen LogP contribution in [0.3, 0.4) is 0 Å². The van der Waals surface area contributed by atoms with Crippen molar-refractivity contribution in [3.8, 4) is 11.5 Å². The predicted molar refractivity (Wildman–Crippen MR) is 108 cm³/mol. The van der Waals surface area contributed by atoms with E-state index in [-0.39, 0.29) is 27.9 Å². The summed E-state index contributed by atoms with van der Waals surface area (Å²) in [6.45, 7) is 5.90. The van der Waals surface area contributed by atoms with E-state index in [4.69, 9.17) is 28.6 Å². The zero-order chi connectivity index (χ0) is 19.3. The van der Waals surface area contributed by atoms with E-state index in [1.165, 1.54) is 0 Å². The summed E-state index contributed by atoms with van der Waals surface area (Å²) in [5.41, 5.74) is 1.09. The van der Waals surface area contributed by atoms with E-state index >= 15 is 0 Å². The summed E-state index contributed by atoms with van der Waals surface area (Å²) in [5.74, 6) is 0.0459. The molecule has 0 aliphatic heterocycles. The molecule has 0 fully saturated rings. The summed E-state index contributed by atoms with van der Waals surface area (Å²) in [7, 11) is 0. The minimum atomic E-state index is -0.413. The molecule has 0 saturated heterocycles. The van der Waals surface area contributed by atoms with E-state index < -0.39 is 5.91 Å². The molecule has 3 N–H and O–H groups in total. The summed E-state index contributed by atoms with van der Waals surface area (Å²) >= 11 is 11.2. The number of para-hydroxylation sites is 1. The Morgan fingerprint density at radius 2 is 1.88 bits per heavy atom. The van der Waals surface area contributed by atoms with Crippen LogP contribution in [0.1, 0.15) is 26.3 Å². The summed E-state index contributed by atoms with van der Waals surface area (Å²) in [5, 5.41) is 15.7. The third-order valence-electron chi connectivity index (χ3n) is 3.54. The molecule has 0 unspecified atom stereocenters. The molecule has 0 heterocycles. The second-order valence-electron chi connectivity index (χ2n) is 6.71. The first kappa shape index (κ1) is 20.0. The summed E-state index contributed by atoms with van der Waals surface area (Å²) < 4.78 is 5.36. The second-order valence-corrected chi connectivity index (χ2v) is 7.52. The van der Waals surface area contributed by atoms with E-state index in [0.717, 1.165) is 5.56 Å². The molecule has 0 radical (unpaired) electrons. The second kappa shape index (κ2) is 8.38. The number of thiocarbonyl (C=S) groups is 1. The van der Waals surface area contributed by atoms with E-state index in [0.29, 0.717) is 11.4 Å². The van der Waals surface area contributed by atoms with Gasteiger partial charge in [0.1, 0.15) is 5.75 Å². The lowest BCUT2D eigenvalue weighted by Crippen LogP contribution is -2.37. The third kappa shape index (κ3) is 5.61. The van der Waals surface area contributed by atoms with Crippen molar-refractivity contribution in [3.63, 3.8) is 0 Å². The number of anilines is 1. The van der Waals surface area contributed by atoms with Gasteiger partial charge in [0.05, 0.1) is 10.7 Å². The number of ether oxygens (including phenoxy) is 1. The Balaban J connectivity index is 1.99. The first-order valence-electron chi connectivity index (χ1n) is 7.98. The van der Waals surface area contributed by atoms with Crippen LogP contribution in [0, 0.1) is 0 Å². The van der Waals surface area contributed by atoms with Crippen LogP contribution >= 0.6 is 23.8 Å². The topological polar surface area (TPSA) is 70.6 Å². The Kier molecular flexibility index (Phi) is 6.45. The van der Waals surface area contributed by atoms with Crippen molar-refractivity contribution < 1.29 is 14.6 Å². The van der Waals surface area contributed by atoms with Gasteiger partial charge in [0, 0.05) is 0 Å². The molecule has 0 aromatic heterocycles. The van der Waals surface area contributed by atoms with Gasteiger partial charge in [-0.05, 0) is 47.5 Å². The van der Waals surface area contributed by atoms with Gasteiger partial charge in [0.25, 0.3) is 5.91 Å². The van der Waals surface area contributed by atoms with Crippen molar-refractivity contribution in [2.24, 2.45) is 0 Å². The monoisotopic (exact) mass is 392 g/mol. The van der Waals surface area contributed by atoms with Crippen LogP contribution in [0.5, 0.6) is 11.5 Å². The number of rotatable bonds is 4. The number of nitrogens with one attached hydrogen (secondary N) is 2. The standard InChI is InChI=1S/C19H21ClN2O3S/c1-19(2,3)12-9-14(20)17(24)15(10-12)21-18(26)22-16(23)11-25-13-7-5-4-6-8-13/h4-10,24H,11H2,1-3H3,(H2,21,22,23,26). The predicted octanol–water partition coefficient (Wildman–Crippen LogP) is 4.24. The molecule has 0 spiro atoms. The summed E-state index contributed by atoms with van der Waals surface area (Å²) in [6, 6.07) is 12.4. The van der Waals surface area contributed by atoms with Crippen LogP contribution in [0.15, 0.2) is 42.5 Å². The molecule has 0 saturated carbocycles. The van der Waals surface area contributed by atoms with Gasteiger partial charge in [-0.15, -0.1) is 0 Å². The zero-order valence-electron chi connectivity index (χ0n) is 14.8. The van der Waals surface area contributed by atoms with Gasteiger partial charge < -0.3 is 15.2 Å². The number of amides is 1. The van der Waals surface area contributed by atoms with Crippen LogP contribution in [0.25, 0.3) is 0 Å². The summed E-state index contributed by atoms with van der Waals surface area (Å²) in [4.78, 5) is 11.9. The summed E-state index contributed by atoms with van der Waals surface area (Å²) in [6.07, 6.45) is 0. The molecule has 1 amide bonds. The number of phenolic OH excluding ortho intramolecular Hbond substituents is 1. The number of carbonyl (C=O) groups excluding carboxylic acids is 1. The minimum Gasteiger partial charge on any atom is -0.504 e. The highest BCUT2D eigenvalue weighted by Gasteiger charge is 2.19. The highest BCUT2D eigenvalue weighted by molar-refractivity contribution is 7.80. The van der Waals surface area contributed by atoms with Gasteiger partial charge >= 0.3 is 0 Å². The average molecular weight is 393 g/mol. The molecule has 7 heteroatoms. The van der Waals surface area contributed by atoms with Crippen molar-refractivity contribution in [1.29, 1.82) is 0 Å². The van der Waals surface area contributed by atoms with E-state index in [9.17, 15) is 9.90 Å². The van der Waals surface area contributed by atoms with Crippen LogP contribution in [0.2, 0.25) is 5.02 Å². The molecule has 26 heavy (non-hydrogen) atoms. The van der Waals surface area contributed by atoms with Crippen LogP contribution in [-0.2, 0) is 10.2 Å². The fraction of sp³-hybridized carbons (Fsp3) is 0.263. The number of phenols is 1. The highest BCUT2D eigenvalue weighted by atomic mass is 35.5. The van der Waals surface area contributed by atoms with Gasteiger partial charge in [-0.3, -0.25) is 10.1 Å². The zero-order valence-corrected chi connectivity index (χ0v) is 16.4. The van der Waals surface area contributed by atoms with Crippen LogP contribution in [0.4, 0.5) is 5.69 Å². The average Bonchev–Trinajstić information content (AvgIpc) is 2.57. The van der Waals surface area contributed by atoms with Gasteiger partial charge in [0.2, 0.25) is 0 Å². The van der Waals surface area contributed by atoms with Crippen molar-refractivity contribution in [1.82, 2.24) is 5.32 Å². The molecule has 0 atom stereocenters. The molecule has 0 aliphatic rings. The van der Waals surface area contributed by atoms with Gasteiger partial charge in [-0.2, -0.15) is 0 Å². The maximum absolute atomic E-state index is 11.9. The normalized spacial score (nSPS) is 10.9. The lowest BCUT2D eigenvalue weighted by Gasteiger charge is -2.21. The number of halogens is 1. The maximum Gasteiger partial charge on any atom is 0.264 e. The Bertz CT molecular complexity index is 804. The first-order chi connectivity index (χ1) is 12.2. The quantitative estimate of drug-likeness (QED) is 0.536. The molecule has 138 valence electrons. The van der Waals surface area contributed by atoms with Crippen molar-refractivity contribution in [2.45, 2.75) is 26.2 Å². The molecular formula is C19H21ClN2O3S. The minimum absolute atomic E-state index is 0.0455. The number of carbonyl (C=O) groups is 1. The third-order valence-corrected chi connectivity index (χ3v) is 4.04. The molecule has 0 aliphatic carbocycles. The van der Waals surface area contributed by atoms with Crippen molar-refractivity contribution in [2.75, 3.05) is 11.9 Å². The Morgan fingerprint density at radius 1 is 1.23 bits per heavy atom. The Hall–Kier alpha value is -2.31. The van der Waals surface area contributed by atoms with Gasteiger partial charge in [0.15, 0.2) is 17.5 Å². The van der Waals surface area contributed by atoms with E-state index in [1.807, 2.05) is 39.0 Å². The molecular weight excluding hydrogens is 372 g/mol. The van der Waals surface area contributed by atoms with Gasteiger partial charge in [-0.1, -0.05) is 50.6 Å². The number of hydrogen-bond donors (Lipinski definition) is 3. The lowest BCUT2D eigenvalue weighted by atomic mass is 9.87. The largest absolute Gasteiger partial charge is 0.504 e. The first-order valence-corrected chi connectivity index (χ1v) is 8.77. The Morgan fingerprint density at radius 3 is 2.50 bits per heavy atom. The maximum atomic E-state index is 11.9. The van der Waals surface area contributed by atoms with E-state index in [1.54, 1.807) is 24.3 Å². The fourth-order valence-electron chi connectivity index (χ4n) is 2.11. The highest BCUT2D eigenvalue weighted by Crippen LogP contribution is 2.37. The number of benzene rings is 2. The van der Waals surface area contributed by atoms with Crippen LogP contribution < -0.4 is 15.4 Å². The molecule has 2 aromatic rings. The molecule has 2 aromatic carbocycles.